The van der Waals surface area contributed by atoms with Crippen molar-refractivity contribution in [3.8, 4) is 0 Å². The minimum Gasteiger partial charge on any atom is -0.370 e. The van der Waals surface area contributed by atoms with Gasteiger partial charge in [0, 0.05) is 12.0 Å². The zero-order chi connectivity index (χ0) is 8.20. The van der Waals surface area contributed by atoms with Gasteiger partial charge in [-0.15, -0.1) is 0 Å². The van der Waals surface area contributed by atoms with Gasteiger partial charge in [0.1, 0.15) is 0 Å². The molecule has 0 heterocycles. The molecule has 0 spiro atoms. The molecule has 0 aliphatic heterocycles. The Labute approximate surface area is 62.0 Å². The first-order valence-electron chi connectivity index (χ1n) is 3.51. The molecule has 0 saturated heterocycles. The van der Waals surface area contributed by atoms with E-state index >= 15 is 0 Å². The summed E-state index contributed by atoms with van der Waals surface area (Å²) in [6.07, 6.45) is 1.31. The van der Waals surface area contributed by atoms with Gasteiger partial charge in [-0.1, -0.05) is 6.92 Å². The van der Waals surface area contributed by atoms with Crippen molar-refractivity contribution in [3.05, 3.63) is 0 Å². The molecular formula is C7H16N2O. The van der Waals surface area contributed by atoms with Crippen molar-refractivity contribution in [1.82, 2.24) is 5.32 Å². The molecule has 60 valence electrons. The van der Waals surface area contributed by atoms with E-state index in [0.29, 0.717) is 6.42 Å². The van der Waals surface area contributed by atoms with Crippen molar-refractivity contribution in [3.63, 3.8) is 0 Å². The van der Waals surface area contributed by atoms with Crippen LogP contribution < -0.4 is 11.1 Å². The Bertz CT molecular complexity index is 119. The summed E-state index contributed by atoms with van der Waals surface area (Å²) in [6.45, 7) is 4.01. The number of carbonyl (C=O) groups excluding carboxylic acids is 1. The molecule has 0 aliphatic rings. The number of nitrogens with one attached hydrogen (secondary N) is 1. The molecule has 0 saturated carbocycles. The second kappa shape index (κ2) is 3.56. The van der Waals surface area contributed by atoms with Gasteiger partial charge in [0.15, 0.2) is 0 Å². The summed E-state index contributed by atoms with van der Waals surface area (Å²) in [6, 6.07) is 0. The van der Waals surface area contributed by atoms with E-state index in [0.717, 1.165) is 6.42 Å². The SMILES string of the molecule is CCC(C)(CC(N)=O)NC. The molecule has 3 N–H and O–H groups in total. The number of carbonyl (C=O) groups is 1. The van der Waals surface area contributed by atoms with Crippen molar-refractivity contribution in [2.24, 2.45) is 5.73 Å². The predicted octanol–water partition coefficient (Wildman–Crippen LogP) is 0.250. The van der Waals surface area contributed by atoms with E-state index in [1.165, 1.54) is 0 Å². The van der Waals surface area contributed by atoms with Crippen LogP contribution in [0.1, 0.15) is 26.7 Å². The van der Waals surface area contributed by atoms with E-state index in [4.69, 9.17) is 5.73 Å². The highest BCUT2D eigenvalue weighted by molar-refractivity contribution is 5.75. The molecule has 0 bridgehead atoms. The van der Waals surface area contributed by atoms with Gasteiger partial charge in [-0.2, -0.15) is 0 Å². The summed E-state index contributed by atoms with van der Waals surface area (Å²) in [7, 11) is 1.84. The topological polar surface area (TPSA) is 55.1 Å². The first-order valence-corrected chi connectivity index (χ1v) is 3.51. The molecule has 3 heteroatoms. The maximum Gasteiger partial charge on any atom is 0.219 e. The highest BCUT2D eigenvalue weighted by atomic mass is 16.1. The maximum atomic E-state index is 10.5. The Morgan fingerprint density at radius 1 is 1.70 bits per heavy atom. The van der Waals surface area contributed by atoms with Gasteiger partial charge in [0.05, 0.1) is 0 Å². The van der Waals surface area contributed by atoms with Crippen LogP contribution in [0.5, 0.6) is 0 Å². The molecule has 0 aromatic heterocycles. The highest BCUT2D eigenvalue weighted by Crippen LogP contribution is 2.11. The van der Waals surface area contributed by atoms with Crippen molar-refractivity contribution < 1.29 is 4.79 Å². The second-order valence-corrected chi connectivity index (χ2v) is 2.81. The fourth-order valence-electron chi connectivity index (χ4n) is 0.775. The Balaban J connectivity index is 3.92. The number of rotatable bonds is 4. The van der Waals surface area contributed by atoms with Crippen LogP contribution in [0.4, 0.5) is 0 Å². The lowest BCUT2D eigenvalue weighted by atomic mass is 9.95. The van der Waals surface area contributed by atoms with Crippen LogP contribution in [0.2, 0.25) is 0 Å². The molecule has 0 aliphatic carbocycles. The average Bonchev–Trinajstić information content (AvgIpc) is 1.87. The van der Waals surface area contributed by atoms with Crippen LogP contribution in [0.15, 0.2) is 0 Å². The zero-order valence-corrected chi connectivity index (χ0v) is 6.90. The van der Waals surface area contributed by atoms with Crippen LogP contribution in [0, 0.1) is 0 Å². The Morgan fingerprint density at radius 2 is 2.20 bits per heavy atom. The highest BCUT2D eigenvalue weighted by Gasteiger charge is 2.21. The quantitative estimate of drug-likeness (QED) is 0.594. The first kappa shape index (κ1) is 9.43. The fraction of sp³-hybridized carbons (Fsp3) is 0.857. The molecule has 10 heavy (non-hydrogen) atoms. The molecule has 0 radical (unpaired) electrons. The van der Waals surface area contributed by atoms with E-state index in [1.807, 2.05) is 20.9 Å². The van der Waals surface area contributed by atoms with Crippen molar-refractivity contribution in [2.45, 2.75) is 32.2 Å². The van der Waals surface area contributed by atoms with Crippen LogP contribution >= 0.6 is 0 Å². The molecule has 1 atom stereocenters. The van der Waals surface area contributed by atoms with E-state index < -0.39 is 0 Å². The van der Waals surface area contributed by atoms with Crippen LogP contribution in [-0.4, -0.2) is 18.5 Å². The van der Waals surface area contributed by atoms with Gasteiger partial charge >= 0.3 is 0 Å². The third kappa shape index (κ3) is 2.82. The third-order valence-corrected chi connectivity index (χ3v) is 1.95. The number of primary amides is 1. The van der Waals surface area contributed by atoms with Crippen LogP contribution in [0.3, 0.4) is 0 Å². The minimum atomic E-state index is -0.251. The molecule has 1 amide bonds. The van der Waals surface area contributed by atoms with Crippen LogP contribution in [-0.2, 0) is 4.79 Å². The molecule has 1 unspecified atom stereocenters. The van der Waals surface area contributed by atoms with E-state index in [-0.39, 0.29) is 11.4 Å². The van der Waals surface area contributed by atoms with Gasteiger partial charge in [-0.3, -0.25) is 4.79 Å². The number of hydrogen-bond acceptors (Lipinski definition) is 2. The van der Waals surface area contributed by atoms with Crippen molar-refractivity contribution >= 4 is 5.91 Å². The smallest absolute Gasteiger partial charge is 0.219 e. The van der Waals surface area contributed by atoms with Gasteiger partial charge in [0.25, 0.3) is 0 Å². The van der Waals surface area contributed by atoms with Gasteiger partial charge in [0.2, 0.25) is 5.91 Å². The summed E-state index contributed by atoms with van der Waals surface area (Å²) in [5.41, 5.74) is 4.93. The fourth-order valence-corrected chi connectivity index (χ4v) is 0.775. The molecule has 0 aromatic rings. The van der Waals surface area contributed by atoms with Gasteiger partial charge in [-0.25, -0.2) is 0 Å². The average molecular weight is 144 g/mol. The maximum absolute atomic E-state index is 10.5. The summed E-state index contributed by atoms with van der Waals surface area (Å²) in [5.74, 6) is -0.251. The Hall–Kier alpha value is -0.570. The van der Waals surface area contributed by atoms with Crippen molar-refractivity contribution in [2.75, 3.05) is 7.05 Å². The Kier molecular flexibility index (Phi) is 3.36. The Morgan fingerprint density at radius 3 is 2.30 bits per heavy atom. The zero-order valence-electron chi connectivity index (χ0n) is 6.90. The minimum absolute atomic E-state index is 0.119. The second-order valence-electron chi connectivity index (χ2n) is 2.81. The molecule has 0 fully saturated rings. The van der Waals surface area contributed by atoms with Crippen molar-refractivity contribution in [1.29, 1.82) is 0 Å². The molecule has 0 aromatic carbocycles. The first-order chi connectivity index (χ1) is 4.54. The lowest BCUT2D eigenvalue weighted by molar-refractivity contribution is -0.119. The van der Waals surface area contributed by atoms with Gasteiger partial charge in [-0.05, 0) is 20.4 Å². The lowest BCUT2D eigenvalue weighted by Crippen LogP contribution is -2.42. The third-order valence-electron chi connectivity index (χ3n) is 1.95. The van der Waals surface area contributed by atoms with Crippen LogP contribution in [0.25, 0.3) is 0 Å². The molecule has 3 nitrogen and oxygen atoms in total. The van der Waals surface area contributed by atoms with E-state index in [1.54, 1.807) is 0 Å². The molecular weight excluding hydrogens is 128 g/mol. The van der Waals surface area contributed by atoms with Gasteiger partial charge < -0.3 is 11.1 Å². The van der Waals surface area contributed by atoms with E-state index in [9.17, 15) is 4.79 Å². The predicted molar refractivity (Wildman–Crippen MR) is 41.6 cm³/mol. The standard InChI is InChI=1S/C7H16N2O/c1-4-7(2,9-3)5-6(8)10/h9H,4-5H2,1-3H3,(H2,8,10). The lowest BCUT2D eigenvalue weighted by Gasteiger charge is -2.25. The summed E-state index contributed by atoms with van der Waals surface area (Å²) in [5, 5.41) is 3.06. The molecule has 0 rings (SSSR count). The summed E-state index contributed by atoms with van der Waals surface area (Å²) < 4.78 is 0. The number of amides is 1. The summed E-state index contributed by atoms with van der Waals surface area (Å²) >= 11 is 0. The normalized spacial score (nSPS) is 16.3. The number of nitrogens with two attached hydrogens (primary N) is 1. The monoisotopic (exact) mass is 144 g/mol. The largest absolute Gasteiger partial charge is 0.370 e. The van der Waals surface area contributed by atoms with E-state index in [2.05, 4.69) is 5.32 Å². The number of hydrogen-bond donors (Lipinski definition) is 2. The summed E-state index contributed by atoms with van der Waals surface area (Å²) in [4.78, 5) is 10.5.